The first-order chi connectivity index (χ1) is 11.6. The minimum atomic E-state index is -3.50. The van der Waals surface area contributed by atoms with Crippen molar-refractivity contribution in [3.63, 3.8) is 0 Å². The van der Waals surface area contributed by atoms with Gasteiger partial charge in [0.2, 0.25) is 10.0 Å². The molecule has 2 aromatic rings. The number of benzene rings is 1. The molecule has 0 radical (unpaired) electrons. The van der Waals surface area contributed by atoms with Crippen LogP contribution in [0.2, 0.25) is 0 Å². The van der Waals surface area contributed by atoms with Gasteiger partial charge in [0, 0.05) is 19.3 Å². The summed E-state index contributed by atoms with van der Waals surface area (Å²) in [5.41, 5.74) is 0.979. The van der Waals surface area contributed by atoms with Crippen molar-refractivity contribution in [3.8, 4) is 5.75 Å². The predicted molar refractivity (Wildman–Crippen MR) is 87.3 cm³/mol. The van der Waals surface area contributed by atoms with Crippen molar-refractivity contribution in [2.45, 2.75) is 36.6 Å². The highest BCUT2D eigenvalue weighted by molar-refractivity contribution is 7.89. The lowest BCUT2D eigenvalue weighted by Gasteiger charge is -2.32. The van der Waals surface area contributed by atoms with Crippen LogP contribution < -0.4 is 4.74 Å². The average molecular weight is 348 g/mol. The predicted octanol–water partition coefficient (Wildman–Crippen LogP) is 1.63. The number of hydrogen-bond acceptors (Lipinski definition) is 5. The Hall–Kier alpha value is -1.93. The van der Waals surface area contributed by atoms with Gasteiger partial charge >= 0.3 is 0 Å². The third-order valence-corrected chi connectivity index (χ3v) is 6.55. The van der Waals surface area contributed by atoms with Crippen molar-refractivity contribution in [3.05, 3.63) is 36.2 Å². The molecule has 1 aromatic heterocycles. The van der Waals surface area contributed by atoms with Gasteiger partial charge < -0.3 is 4.74 Å². The highest BCUT2D eigenvalue weighted by atomic mass is 32.2. The first kappa shape index (κ1) is 15.6. The summed E-state index contributed by atoms with van der Waals surface area (Å²) < 4.78 is 34.9. The van der Waals surface area contributed by atoms with E-state index in [0.717, 1.165) is 37.0 Å². The lowest BCUT2D eigenvalue weighted by atomic mass is 10.1. The molecule has 1 aromatic carbocycles. The molecule has 0 N–H and O–H groups in total. The summed E-state index contributed by atoms with van der Waals surface area (Å²) in [6, 6.07) is 5.24. The van der Waals surface area contributed by atoms with E-state index in [0.29, 0.717) is 24.6 Å². The van der Waals surface area contributed by atoms with Crippen molar-refractivity contribution in [1.82, 2.24) is 19.3 Å². The molecule has 1 unspecified atom stereocenters. The maximum atomic E-state index is 13.0. The maximum absolute atomic E-state index is 13.0. The largest absolute Gasteiger partial charge is 0.493 e. The third-order valence-electron chi connectivity index (χ3n) is 4.69. The molecular formula is C16H20N4O3S. The maximum Gasteiger partial charge on any atom is 0.243 e. The second kappa shape index (κ2) is 6.18. The molecule has 4 rings (SSSR count). The highest BCUT2D eigenvalue weighted by Crippen LogP contribution is 2.30. The van der Waals surface area contributed by atoms with E-state index < -0.39 is 10.0 Å². The molecule has 2 aliphatic rings. The molecule has 1 fully saturated rings. The van der Waals surface area contributed by atoms with Gasteiger partial charge in [-0.05, 0) is 49.4 Å². The number of fused-ring (bicyclic) bond motifs is 1. The van der Waals surface area contributed by atoms with Gasteiger partial charge in [0.15, 0.2) is 0 Å². The summed E-state index contributed by atoms with van der Waals surface area (Å²) in [6.07, 6.45) is 6.92. The van der Waals surface area contributed by atoms with E-state index in [9.17, 15) is 8.42 Å². The lowest BCUT2D eigenvalue weighted by molar-refractivity contribution is 0.251. The number of sulfonamides is 1. The number of piperidine rings is 1. The molecule has 24 heavy (non-hydrogen) atoms. The Morgan fingerprint density at radius 2 is 2.17 bits per heavy atom. The molecule has 3 heterocycles. The molecule has 1 saturated heterocycles. The Kier molecular flexibility index (Phi) is 4.01. The molecule has 7 nitrogen and oxygen atoms in total. The van der Waals surface area contributed by atoms with Crippen molar-refractivity contribution in [1.29, 1.82) is 0 Å². The zero-order valence-electron chi connectivity index (χ0n) is 13.3. The minimum absolute atomic E-state index is 0.0389. The van der Waals surface area contributed by atoms with Gasteiger partial charge in [-0.15, -0.1) is 5.10 Å². The first-order valence-electron chi connectivity index (χ1n) is 8.26. The van der Waals surface area contributed by atoms with Crippen LogP contribution in [0.5, 0.6) is 5.75 Å². The van der Waals surface area contributed by atoms with Gasteiger partial charge in [-0.25, -0.2) is 13.1 Å². The second-order valence-electron chi connectivity index (χ2n) is 6.26. The Balaban J connectivity index is 1.60. The van der Waals surface area contributed by atoms with Crippen LogP contribution in [-0.2, 0) is 16.4 Å². The molecule has 0 amide bonds. The molecule has 8 heteroatoms. The van der Waals surface area contributed by atoms with Gasteiger partial charge in [-0.3, -0.25) is 0 Å². The first-order valence-corrected chi connectivity index (χ1v) is 9.70. The molecule has 128 valence electrons. The van der Waals surface area contributed by atoms with Crippen LogP contribution in [0.3, 0.4) is 0 Å². The standard InChI is InChI=1S/C16H20N4O3S/c21-24(22,15-5-6-16-13(11-15)3-2-10-23-16)19-8-1-4-14(12-19)20-9-7-17-18-20/h5-7,9,11,14H,1-4,8,10,12H2. The SMILES string of the molecule is O=S(=O)(c1ccc2c(c1)CCCO2)N1CCCC(n2ccnn2)C1. The lowest BCUT2D eigenvalue weighted by Crippen LogP contribution is -2.40. The normalized spacial score (nSPS) is 21.9. The summed E-state index contributed by atoms with van der Waals surface area (Å²) in [7, 11) is -3.50. The topological polar surface area (TPSA) is 77.3 Å². The molecule has 0 aliphatic carbocycles. The van der Waals surface area contributed by atoms with E-state index >= 15 is 0 Å². The quantitative estimate of drug-likeness (QED) is 0.842. The molecular weight excluding hydrogens is 328 g/mol. The van der Waals surface area contributed by atoms with E-state index in [-0.39, 0.29) is 6.04 Å². The van der Waals surface area contributed by atoms with Crippen molar-refractivity contribution in [2.75, 3.05) is 19.7 Å². The van der Waals surface area contributed by atoms with Gasteiger partial charge in [0.05, 0.1) is 23.7 Å². The van der Waals surface area contributed by atoms with Crippen LogP contribution in [0.4, 0.5) is 0 Å². The van der Waals surface area contributed by atoms with E-state index in [4.69, 9.17) is 4.74 Å². The number of hydrogen-bond donors (Lipinski definition) is 0. The van der Waals surface area contributed by atoms with E-state index in [1.165, 1.54) is 0 Å². The highest BCUT2D eigenvalue weighted by Gasteiger charge is 2.32. The Labute approximate surface area is 141 Å². The zero-order chi connectivity index (χ0) is 16.6. The Morgan fingerprint density at radius 1 is 1.25 bits per heavy atom. The van der Waals surface area contributed by atoms with Crippen LogP contribution in [0.15, 0.2) is 35.5 Å². The Bertz CT molecular complexity index is 820. The van der Waals surface area contributed by atoms with Crippen LogP contribution in [-0.4, -0.2) is 47.4 Å². The smallest absolute Gasteiger partial charge is 0.243 e. The number of aromatic nitrogens is 3. The molecule has 0 bridgehead atoms. The summed E-state index contributed by atoms with van der Waals surface area (Å²) >= 11 is 0. The van der Waals surface area contributed by atoms with E-state index in [1.807, 2.05) is 0 Å². The van der Waals surface area contributed by atoms with Gasteiger partial charge in [-0.2, -0.15) is 4.31 Å². The fourth-order valence-corrected chi connectivity index (χ4v) is 4.98. The number of nitrogens with zero attached hydrogens (tertiary/aromatic N) is 4. The Morgan fingerprint density at radius 3 is 3.00 bits per heavy atom. The van der Waals surface area contributed by atoms with Crippen LogP contribution in [0.1, 0.15) is 30.9 Å². The third kappa shape index (κ3) is 2.80. The van der Waals surface area contributed by atoms with Crippen molar-refractivity contribution >= 4 is 10.0 Å². The fraction of sp³-hybridized carbons (Fsp3) is 0.500. The molecule has 0 spiro atoms. The number of ether oxygens (including phenoxy) is 1. The molecule has 0 saturated carbocycles. The van der Waals surface area contributed by atoms with E-state index in [1.54, 1.807) is 39.6 Å². The fourth-order valence-electron chi connectivity index (χ4n) is 3.41. The number of aryl methyl sites for hydroxylation is 1. The monoisotopic (exact) mass is 348 g/mol. The second-order valence-corrected chi connectivity index (χ2v) is 8.20. The van der Waals surface area contributed by atoms with Gasteiger partial charge in [0.1, 0.15) is 5.75 Å². The summed E-state index contributed by atoms with van der Waals surface area (Å²) in [5, 5.41) is 7.84. The zero-order valence-corrected chi connectivity index (χ0v) is 14.2. The summed E-state index contributed by atoms with van der Waals surface area (Å²) in [5.74, 6) is 0.805. The van der Waals surface area contributed by atoms with Crippen molar-refractivity contribution < 1.29 is 13.2 Å². The molecule has 2 aliphatic heterocycles. The molecule has 1 atom stereocenters. The minimum Gasteiger partial charge on any atom is -0.493 e. The van der Waals surface area contributed by atoms with Crippen molar-refractivity contribution in [2.24, 2.45) is 0 Å². The summed E-state index contributed by atoms with van der Waals surface area (Å²) in [4.78, 5) is 0.353. The van der Waals surface area contributed by atoms with Gasteiger partial charge in [-0.1, -0.05) is 5.21 Å². The average Bonchev–Trinajstić information content (AvgIpc) is 3.16. The van der Waals surface area contributed by atoms with Crippen LogP contribution in [0.25, 0.3) is 0 Å². The summed E-state index contributed by atoms with van der Waals surface area (Å²) in [6.45, 7) is 1.67. The number of rotatable bonds is 3. The van der Waals surface area contributed by atoms with Crippen LogP contribution >= 0.6 is 0 Å². The van der Waals surface area contributed by atoms with Gasteiger partial charge in [0.25, 0.3) is 0 Å². The van der Waals surface area contributed by atoms with E-state index in [2.05, 4.69) is 10.3 Å². The van der Waals surface area contributed by atoms with Crippen LogP contribution in [0, 0.1) is 0 Å².